The molecule has 4 aromatic rings. The number of benzene rings is 1. The molecule has 2 aliphatic heterocycles. The minimum atomic E-state index is 0.456. The Morgan fingerprint density at radius 2 is 1.72 bits per heavy atom. The standard InChI is InChI=1S/C34H41N7.C2H6/c1-3-6-26(7-4-2)29-13-14-30-33(38-29)41(32(39-30)28-8-5-19-37-31(28)35)27-11-9-25(10-12-27)24-40-22-17-34(18-23-40)15-20-36-21-16-34;1-2/h3,5-14,19,36H,4,15-18,20-24H2,1-2H3,(H2,35,37);1-2H3/b6-3-,26-7+;. The van der Waals surface area contributed by atoms with Crippen molar-refractivity contribution in [2.24, 2.45) is 5.41 Å². The Bertz CT molecular complexity index is 1550. The smallest absolute Gasteiger partial charge is 0.165 e. The Balaban J connectivity index is 0.00000180. The number of pyridine rings is 2. The molecule has 0 saturated carbocycles. The normalized spacial score (nSPS) is 17.3. The topological polar surface area (TPSA) is 84.9 Å². The van der Waals surface area contributed by atoms with Gasteiger partial charge in [0.15, 0.2) is 11.5 Å². The molecule has 226 valence electrons. The van der Waals surface area contributed by atoms with Gasteiger partial charge in [-0.3, -0.25) is 9.47 Å². The molecule has 0 aliphatic carbocycles. The Morgan fingerprint density at radius 1 is 0.977 bits per heavy atom. The molecule has 3 N–H and O–H groups in total. The number of rotatable bonds is 7. The van der Waals surface area contributed by atoms with Crippen LogP contribution >= 0.6 is 0 Å². The van der Waals surface area contributed by atoms with Gasteiger partial charge in [0, 0.05) is 18.4 Å². The van der Waals surface area contributed by atoms with Crippen LogP contribution in [0.25, 0.3) is 33.8 Å². The Hall–Kier alpha value is -3.81. The third kappa shape index (κ3) is 6.73. The van der Waals surface area contributed by atoms with Crippen LogP contribution in [0.3, 0.4) is 0 Å². The summed E-state index contributed by atoms with van der Waals surface area (Å²) in [7, 11) is 0. The lowest BCUT2D eigenvalue weighted by molar-refractivity contribution is 0.0701. The van der Waals surface area contributed by atoms with Crippen molar-refractivity contribution >= 4 is 22.6 Å². The van der Waals surface area contributed by atoms with E-state index in [-0.39, 0.29) is 0 Å². The second kappa shape index (κ2) is 14.1. The van der Waals surface area contributed by atoms with E-state index in [9.17, 15) is 0 Å². The summed E-state index contributed by atoms with van der Waals surface area (Å²) in [5.74, 6) is 1.20. The summed E-state index contributed by atoms with van der Waals surface area (Å²) in [6.45, 7) is 13.9. The zero-order valence-corrected chi connectivity index (χ0v) is 26.3. The van der Waals surface area contributed by atoms with Crippen LogP contribution in [-0.2, 0) is 6.54 Å². The molecule has 6 rings (SSSR count). The molecular formula is C36H47N7. The van der Waals surface area contributed by atoms with E-state index in [1.165, 1.54) is 57.4 Å². The maximum atomic E-state index is 6.35. The number of aromatic nitrogens is 4. The van der Waals surface area contributed by atoms with E-state index in [0.29, 0.717) is 11.2 Å². The Labute approximate surface area is 257 Å². The summed E-state index contributed by atoms with van der Waals surface area (Å²) in [5, 5.41) is 3.53. The number of hydrogen-bond acceptors (Lipinski definition) is 6. The number of allylic oxidation sites excluding steroid dienone is 4. The molecule has 2 aliphatic rings. The molecule has 5 heterocycles. The zero-order chi connectivity index (χ0) is 30.2. The van der Waals surface area contributed by atoms with Crippen molar-refractivity contribution in [3.05, 3.63) is 84.2 Å². The van der Waals surface area contributed by atoms with Gasteiger partial charge in [0.05, 0.1) is 11.3 Å². The number of hydrogen-bond donors (Lipinski definition) is 2. The van der Waals surface area contributed by atoms with Gasteiger partial charge in [-0.15, -0.1) is 0 Å². The highest BCUT2D eigenvalue weighted by Gasteiger charge is 2.35. The van der Waals surface area contributed by atoms with E-state index in [2.05, 4.69) is 75.3 Å². The summed E-state index contributed by atoms with van der Waals surface area (Å²) in [6.07, 6.45) is 14.3. The van der Waals surface area contributed by atoms with E-state index in [1.807, 2.05) is 39.0 Å². The number of piperidine rings is 2. The first-order chi connectivity index (χ1) is 21.1. The minimum Gasteiger partial charge on any atom is -0.383 e. The van der Waals surface area contributed by atoms with E-state index in [0.717, 1.165) is 52.5 Å². The van der Waals surface area contributed by atoms with Crippen LogP contribution in [-0.4, -0.2) is 50.6 Å². The van der Waals surface area contributed by atoms with E-state index in [1.54, 1.807) is 6.20 Å². The summed E-state index contributed by atoms with van der Waals surface area (Å²) in [4.78, 5) is 17.1. The number of anilines is 1. The van der Waals surface area contributed by atoms with Crippen molar-refractivity contribution < 1.29 is 0 Å². The van der Waals surface area contributed by atoms with Gasteiger partial charge in [0.25, 0.3) is 0 Å². The average Bonchev–Trinajstić information content (AvgIpc) is 3.43. The van der Waals surface area contributed by atoms with Gasteiger partial charge in [0.2, 0.25) is 0 Å². The van der Waals surface area contributed by atoms with Crippen molar-refractivity contribution in [2.75, 3.05) is 31.9 Å². The molecular weight excluding hydrogens is 530 g/mol. The van der Waals surface area contributed by atoms with Crippen molar-refractivity contribution in [3.63, 3.8) is 0 Å². The highest BCUT2D eigenvalue weighted by atomic mass is 15.1. The van der Waals surface area contributed by atoms with Gasteiger partial charge in [-0.1, -0.05) is 51.1 Å². The van der Waals surface area contributed by atoms with Gasteiger partial charge in [0.1, 0.15) is 11.3 Å². The second-order valence-corrected chi connectivity index (χ2v) is 11.5. The Kier molecular flexibility index (Phi) is 10.1. The number of nitrogens with one attached hydrogen (secondary N) is 1. The van der Waals surface area contributed by atoms with E-state index < -0.39 is 0 Å². The van der Waals surface area contributed by atoms with Gasteiger partial charge < -0.3 is 11.1 Å². The number of nitrogens with zero attached hydrogens (tertiary/aromatic N) is 5. The molecule has 0 radical (unpaired) electrons. The predicted octanol–water partition coefficient (Wildman–Crippen LogP) is 7.43. The first kappa shape index (κ1) is 30.6. The van der Waals surface area contributed by atoms with E-state index in [4.69, 9.17) is 15.7 Å². The molecule has 0 amide bonds. The lowest BCUT2D eigenvalue weighted by atomic mass is 9.71. The fourth-order valence-corrected chi connectivity index (χ4v) is 6.46. The van der Waals surface area contributed by atoms with Crippen LogP contribution in [0.4, 0.5) is 5.82 Å². The summed E-state index contributed by atoms with van der Waals surface area (Å²) in [6, 6.07) is 16.9. The number of nitrogens with two attached hydrogens (primary N) is 1. The molecule has 1 spiro atoms. The largest absolute Gasteiger partial charge is 0.383 e. The van der Waals surface area contributed by atoms with Crippen LogP contribution in [0.2, 0.25) is 0 Å². The molecule has 7 nitrogen and oxygen atoms in total. The summed E-state index contributed by atoms with van der Waals surface area (Å²) >= 11 is 0. The van der Waals surface area contributed by atoms with Crippen LogP contribution in [0.15, 0.2) is 73.0 Å². The van der Waals surface area contributed by atoms with Crippen LogP contribution in [0.5, 0.6) is 0 Å². The first-order valence-corrected chi connectivity index (χ1v) is 16.1. The maximum Gasteiger partial charge on any atom is 0.165 e. The molecule has 2 fully saturated rings. The average molecular weight is 578 g/mol. The monoisotopic (exact) mass is 577 g/mol. The quantitative estimate of drug-likeness (QED) is 0.222. The molecule has 1 aromatic carbocycles. The lowest BCUT2D eigenvalue weighted by Crippen LogP contribution is -2.45. The molecule has 7 heteroatoms. The second-order valence-electron chi connectivity index (χ2n) is 11.5. The van der Waals surface area contributed by atoms with Crippen molar-refractivity contribution in [2.45, 2.75) is 66.3 Å². The number of fused-ring (bicyclic) bond motifs is 1. The maximum absolute atomic E-state index is 6.35. The first-order valence-electron chi connectivity index (χ1n) is 16.1. The van der Waals surface area contributed by atoms with Gasteiger partial charge >= 0.3 is 0 Å². The summed E-state index contributed by atoms with van der Waals surface area (Å²) < 4.78 is 2.12. The van der Waals surface area contributed by atoms with Crippen LogP contribution in [0, 0.1) is 5.41 Å². The van der Waals surface area contributed by atoms with Gasteiger partial charge in [-0.25, -0.2) is 15.0 Å². The SMILES string of the molecule is C/C=C\C(=C/CC)c1ccc2nc(-c3cccnc3N)n(-c3ccc(CN4CCC5(CCNCC5)CC4)cc3)c2n1.CC. The third-order valence-corrected chi connectivity index (χ3v) is 8.83. The fraction of sp³-hybridized carbons (Fsp3) is 0.417. The number of imidazole rings is 1. The van der Waals surface area contributed by atoms with Crippen molar-refractivity contribution in [1.82, 2.24) is 29.7 Å². The van der Waals surface area contributed by atoms with Crippen LogP contribution < -0.4 is 11.1 Å². The highest BCUT2D eigenvalue weighted by molar-refractivity contribution is 5.85. The third-order valence-electron chi connectivity index (χ3n) is 8.83. The molecule has 0 unspecified atom stereocenters. The van der Waals surface area contributed by atoms with Crippen LogP contribution in [0.1, 0.15) is 71.1 Å². The van der Waals surface area contributed by atoms with Gasteiger partial charge in [-0.05, 0) is 118 Å². The summed E-state index contributed by atoms with van der Waals surface area (Å²) in [5.41, 5.74) is 13.7. The van der Waals surface area contributed by atoms with Crippen molar-refractivity contribution in [3.8, 4) is 17.1 Å². The van der Waals surface area contributed by atoms with E-state index >= 15 is 0 Å². The Morgan fingerprint density at radius 3 is 2.40 bits per heavy atom. The molecule has 3 aromatic heterocycles. The molecule has 2 saturated heterocycles. The molecule has 0 atom stereocenters. The lowest BCUT2D eigenvalue weighted by Gasteiger charge is -2.44. The van der Waals surface area contributed by atoms with Gasteiger partial charge in [-0.2, -0.15) is 0 Å². The number of nitrogen functional groups attached to an aromatic ring is 1. The highest BCUT2D eigenvalue weighted by Crippen LogP contribution is 2.40. The zero-order valence-electron chi connectivity index (χ0n) is 26.3. The minimum absolute atomic E-state index is 0.456. The van der Waals surface area contributed by atoms with Crippen molar-refractivity contribution in [1.29, 1.82) is 0 Å². The molecule has 43 heavy (non-hydrogen) atoms. The molecule has 0 bridgehead atoms. The number of likely N-dealkylation sites (tertiary alicyclic amines) is 1. The fourth-order valence-electron chi connectivity index (χ4n) is 6.46. The predicted molar refractivity (Wildman–Crippen MR) is 180 cm³/mol.